The summed E-state index contributed by atoms with van der Waals surface area (Å²) >= 11 is 0. The van der Waals surface area contributed by atoms with E-state index in [4.69, 9.17) is 4.74 Å². The molecule has 0 bridgehead atoms. The number of hydrogen-bond donors (Lipinski definition) is 0. The van der Waals surface area contributed by atoms with Crippen molar-refractivity contribution in [3.05, 3.63) is 53.6 Å². The van der Waals surface area contributed by atoms with Crippen molar-refractivity contribution in [1.82, 2.24) is 0 Å². The van der Waals surface area contributed by atoms with Crippen LogP contribution in [0.4, 0.5) is 0 Å². The molecule has 1 nitrogen and oxygen atoms in total. The van der Waals surface area contributed by atoms with Gasteiger partial charge in [0.1, 0.15) is 5.75 Å². The van der Waals surface area contributed by atoms with Gasteiger partial charge in [0.15, 0.2) is 0 Å². The molecule has 3 aliphatic rings. The fourth-order valence-corrected chi connectivity index (χ4v) is 6.05. The lowest BCUT2D eigenvalue weighted by molar-refractivity contribution is 0.0600. The molecule has 1 aromatic carbocycles. The largest absolute Gasteiger partial charge is 0.497 e. The number of rotatable bonds is 3. The summed E-state index contributed by atoms with van der Waals surface area (Å²) in [5, 5.41) is 0. The van der Waals surface area contributed by atoms with E-state index in [2.05, 4.69) is 43.9 Å². The highest BCUT2D eigenvalue weighted by Crippen LogP contribution is 2.62. The summed E-state index contributed by atoms with van der Waals surface area (Å²) in [6, 6.07) is 6.78. The predicted molar refractivity (Wildman–Crippen MR) is 95.9 cm³/mol. The Morgan fingerprint density at radius 3 is 2.96 bits per heavy atom. The van der Waals surface area contributed by atoms with Crippen LogP contribution in [-0.4, -0.2) is 7.11 Å². The van der Waals surface area contributed by atoms with Crippen molar-refractivity contribution in [2.75, 3.05) is 7.11 Å². The Labute approximate surface area is 140 Å². The summed E-state index contributed by atoms with van der Waals surface area (Å²) in [6.07, 6.45) is 12.4. The van der Waals surface area contributed by atoms with E-state index in [1.165, 1.54) is 44.1 Å². The second-order valence-electron chi connectivity index (χ2n) is 7.63. The maximum atomic E-state index is 5.43. The molecule has 4 atom stereocenters. The summed E-state index contributed by atoms with van der Waals surface area (Å²) in [4.78, 5) is 0. The molecule has 0 aliphatic heterocycles. The smallest absolute Gasteiger partial charge is 0.119 e. The number of hydrogen-bond acceptors (Lipinski definition) is 1. The van der Waals surface area contributed by atoms with Crippen LogP contribution in [0.2, 0.25) is 0 Å². The Kier molecular flexibility index (Phi) is 3.63. The maximum Gasteiger partial charge on any atom is 0.119 e. The minimum atomic E-state index is 0.424. The molecule has 1 heteroatoms. The third-order valence-corrected chi connectivity index (χ3v) is 7.16. The van der Waals surface area contributed by atoms with E-state index in [9.17, 15) is 0 Å². The first-order chi connectivity index (χ1) is 11.2. The van der Waals surface area contributed by atoms with Gasteiger partial charge in [-0.05, 0) is 90.5 Å². The zero-order valence-corrected chi connectivity index (χ0v) is 14.5. The minimum absolute atomic E-state index is 0.424. The van der Waals surface area contributed by atoms with Crippen molar-refractivity contribution >= 4 is 0 Å². The number of methoxy groups -OCH3 is 1. The highest BCUT2D eigenvalue weighted by atomic mass is 16.5. The normalized spacial score (nSPS) is 34.9. The van der Waals surface area contributed by atoms with Crippen LogP contribution in [-0.2, 0) is 6.42 Å². The molecule has 0 saturated heterocycles. The van der Waals surface area contributed by atoms with Gasteiger partial charge in [-0.15, -0.1) is 0 Å². The van der Waals surface area contributed by atoms with Gasteiger partial charge in [-0.3, -0.25) is 0 Å². The topological polar surface area (TPSA) is 9.23 Å². The number of benzene rings is 1. The average molecular weight is 308 g/mol. The molecule has 4 rings (SSSR count). The molecule has 3 aliphatic carbocycles. The van der Waals surface area contributed by atoms with Crippen LogP contribution in [0.3, 0.4) is 0 Å². The second kappa shape index (κ2) is 5.54. The molecular weight excluding hydrogens is 280 g/mol. The van der Waals surface area contributed by atoms with Gasteiger partial charge in [-0.25, -0.2) is 0 Å². The fourth-order valence-electron chi connectivity index (χ4n) is 6.05. The van der Waals surface area contributed by atoms with Gasteiger partial charge in [0.25, 0.3) is 0 Å². The second-order valence-corrected chi connectivity index (χ2v) is 7.63. The molecular formula is C22H28O. The van der Waals surface area contributed by atoms with E-state index in [0.29, 0.717) is 5.41 Å². The summed E-state index contributed by atoms with van der Waals surface area (Å²) in [5.41, 5.74) is 5.11. The van der Waals surface area contributed by atoms with E-state index in [1.54, 1.807) is 18.2 Å². The van der Waals surface area contributed by atoms with Crippen molar-refractivity contribution in [1.29, 1.82) is 0 Å². The van der Waals surface area contributed by atoms with Gasteiger partial charge >= 0.3 is 0 Å². The van der Waals surface area contributed by atoms with Crippen LogP contribution in [0.1, 0.15) is 56.1 Å². The van der Waals surface area contributed by atoms with E-state index in [-0.39, 0.29) is 0 Å². The van der Waals surface area contributed by atoms with Crippen molar-refractivity contribution in [2.45, 2.75) is 51.4 Å². The first-order valence-electron chi connectivity index (χ1n) is 9.23. The molecule has 1 fully saturated rings. The van der Waals surface area contributed by atoms with Crippen molar-refractivity contribution in [3.8, 4) is 5.75 Å². The third-order valence-electron chi connectivity index (χ3n) is 7.16. The van der Waals surface area contributed by atoms with Gasteiger partial charge in [0.2, 0.25) is 0 Å². The highest BCUT2D eigenvalue weighted by molar-refractivity contribution is 5.42. The SMILES string of the molecule is C=CC1=CCC2C3CCc4cc(OC)ccc4C3CCC12CC. The van der Waals surface area contributed by atoms with Gasteiger partial charge in [-0.1, -0.05) is 31.7 Å². The molecule has 122 valence electrons. The number of aryl methyl sites for hydroxylation is 1. The Balaban J connectivity index is 1.69. The quantitative estimate of drug-likeness (QED) is 0.699. The molecule has 0 aromatic heterocycles. The molecule has 0 spiro atoms. The van der Waals surface area contributed by atoms with Crippen LogP contribution in [0.25, 0.3) is 0 Å². The van der Waals surface area contributed by atoms with E-state index in [0.717, 1.165) is 23.5 Å². The summed E-state index contributed by atoms with van der Waals surface area (Å²) < 4.78 is 5.43. The van der Waals surface area contributed by atoms with Gasteiger partial charge in [-0.2, -0.15) is 0 Å². The molecule has 1 aromatic rings. The third kappa shape index (κ3) is 2.05. The highest BCUT2D eigenvalue weighted by Gasteiger charge is 2.52. The van der Waals surface area contributed by atoms with Crippen LogP contribution in [0.15, 0.2) is 42.5 Å². The first kappa shape index (κ1) is 15.1. The summed E-state index contributed by atoms with van der Waals surface area (Å²) in [5.74, 6) is 3.44. The number of fused-ring (bicyclic) bond motifs is 5. The molecule has 0 N–H and O–H groups in total. The van der Waals surface area contributed by atoms with E-state index in [1.807, 2.05) is 0 Å². The minimum Gasteiger partial charge on any atom is -0.497 e. The standard InChI is InChI=1S/C22H28O/c1-4-16-7-11-21-20-9-6-15-14-17(23-3)8-10-18(15)19(20)12-13-22(16,21)5-2/h4,7-8,10,14,19-21H,1,5-6,9,11-13H2,2-3H3. The summed E-state index contributed by atoms with van der Waals surface area (Å²) in [7, 11) is 1.77. The van der Waals surface area contributed by atoms with Crippen molar-refractivity contribution in [3.63, 3.8) is 0 Å². The van der Waals surface area contributed by atoms with Crippen molar-refractivity contribution < 1.29 is 4.74 Å². The van der Waals surface area contributed by atoms with Gasteiger partial charge in [0.05, 0.1) is 7.11 Å². The lowest BCUT2D eigenvalue weighted by Gasteiger charge is -2.51. The molecule has 23 heavy (non-hydrogen) atoms. The molecule has 1 saturated carbocycles. The van der Waals surface area contributed by atoms with Crippen LogP contribution in [0.5, 0.6) is 5.75 Å². The Bertz CT molecular complexity index is 656. The monoisotopic (exact) mass is 308 g/mol. The van der Waals surface area contributed by atoms with Crippen LogP contribution in [0, 0.1) is 17.3 Å². The summed E-state index contributed by atoms with van der Waals surface area (Å²) in [6.45, 7) is 6.49. The van der Waals surface area contributed by atoms with Gasteiger partial charge < -0.3 is 4.74 Å². The van der Waals surface area contributed by atoms with Crippen LogP contribution < -0.4 is 4.74 Å². The van der Waals surface area contributed by atoms with Crippen LogP contribution >= 0.6 is 0 Å². The lowest BCUT2D eigenvalue weighted by atomic mass is 9.53. The molecule has 4 unspecified atom stereocenters. The fraction of sp³-hybridized carbons (Fsp3) is 0.545. The van der Waals surface area contributed by atoms with Gasteiger partial charge in [0, 0.05) is 0 Å². The zero-order valence-electron chi connectivity index (χ0n) is 14.5. The Hall–Kier alpha value is -1.50. The molecule has 0 heterocycles. The lowest BCUT2D eigenvalue weighted by Crippen LogP contribution is -2.42. The molecule has 0 radical (unpaired) electrons. The number of ether oxygens (including phenoxy) is 1. The zero-order chi connectivity index (χ0) is 16.0. The maximum absolute atomic E-state index is 5.43. The van der Waals surface area contributed by atoms with E-state index >= 15 is 0 Å². The van der Waals surface area contributed by atoms with E-state index < -0.39 is 0 Å². The first-order valence-corrected chi connectivity index (χ1v) is 9.23. The van der Waals surface area contributed by atoms with Crippen molar-refractivity contribution in [2.24, 2.45) is 17.3 Å². The number of allylic oxidation sites excluding steroid dienone is 3. The Morgan fingerprint density at radius 1 is 1.35 bits per heavy atom. The Morgan fingerprint density at radius 2 is 2.22 bits per heavy atom. The predicted octanol–water partition coefficient (Wildman–Crippen LogP) is 5.66. The molecule has 0 amide bonds. The average Bonchev–Trinajstić information content (AvgIpc) is 2.99.